The lowest BCUT2D eigenvalue weighted by atomic mass is 9.65. The zero-order valence-corrected chi connectivity index (χ0v) is 13.3. The molecule has 1 fully saturated rings. The van der Waals surface area contributed by atoms with Crippen LogP contribution in [0.4, 0.5) is 0 Å². The molecule has 1 aliphatic rings. The van der Waals surface area contributed by atoms with E-state index in [1.54, 1.807) is 14.2 Å². The van der Waals surface area contributed by atoms with Gasteiger partial charge in [0.25, 0.3) is 0 Å². The van der Waals surface area contributed by atoms with Gasteiger partial charge in [-0.25, -0.2) is 0 Å². The first-order chi connectivity index (χ1) is 10.1. The first-order valence-corrected chi connectivity index (χ1v) is 7.66. The molecule has 0 aliphatic heterocycles. The number of hydrogen-bond donors (Lipinski definition) is 2. The van der Waals surface area contributed by atoms with Crippen LogP contribution in [0.15, 0.2) is 18.2 Å². The standard InChI is InChI=1S/C17H27NO3/c1-12-5-4-8-17(10-12,11-18)16(19)14-9-13(20-2)6-7-15(14)21-3/h6-7,9,12,16,19H,4-5,8,10-11,18H2,1-3H3. The van der Waals surface area contributed by atoms with Gasteiger partial charge in [-0.05, 0) is 37.0 Å². The third-order valence-electron chi connectivity index (χ3n) is 4.84. The predicted octanol–water partition coefficient (Wildman–Crippen LogP) is 2.89. The van der Waals surface area contributed by atoms with Crippen molar-refractivity contribution in [3.05, 3.63) is 23.8 Å². The van der Waals surface area contributed by atoms with Gasteiger partial charge in [0, 0.05) is 17.5 Å². The van der Waals surface area contributed by atoms with Crippen LogP contribution in [-0.4, -0.2) is 25.9 Å². The van der Waals surface area contributed by atoms with Crippen molar-refractivity contribution in [3.8, 4) is 11.5 Å². The van der Waals surface area contributed by atoms with Crippen LogP contribution in [0.2, 0.25) is 0 Å². The van der Waals surface area contributed by atoms with Crippen molar-refractivity contribution < 1.29 is 14.6 Å². The molecule has 0 bridgehead atoms. The van der Waals surface area contributed by atoms with E-state index in [1.807, 2.05) is 18.2 Å². The van der Waals surface area contributed by atoms with Gasteiger partial charge in [-0.3, -0.25) is 0 Å². The van der Waals surface area contributed by atoms with E-state index in [2.05, 4.69) is 6.92 Å². The maximum atomic E-state index is 11.0. The van der Waals surface area contributed by atoms with Gasteiger partial charge in [-0.1, -0.05) is 19.8 Å². The van der Waals surface area contributed by atoms with Gasteiger partial charge in [0.05, 0.1) is 20.3 Å². The molecule has 1 aromatic carbocycles. The Balaban J connectivity index is 2.38. The molecule has 0 radical (unpaired) electrons. The molecular weight excluding hydrogens is 266 g/mol. The quantitative estimate of drug-likeness (QED) is 0.876. The maximum Gasteiger partial charge on any atom is 0.124 e. The van der Waals surface area contributed by atoms with Crippen LogP contribution in [0.5, 0.6) is 11.5 Å². The average molecular weight is 293 g/mol. The van der Waals surface area contributed by atoms with E-state index in [-0.39, 0.29) is 5.41 Å². The van der Waals surface area contributed by atoms with Crippen molar-refractivity contribution in [3.63, 3.8) is 0 Å². The van der Waals surface area contributed by atoms with Crippen molar-refractivity contribution in [2.75, 3.05) is 20.8 Å². The summed E-state index contributed by atoms with van der Waals surface area (Å²) in [5, 5.41) is 11.0. The van der Waals surface area contributed by atoms with Gasteiger partial charge < -0.3 is 20.3 Å². The molecule has 3 atom stereocenters. The minimum atomic E-state index is -0.629. The normalized spacial score (nSPS) is 27.2. The first-order valence-electron chi connectivity index (χ1n) is 7.66. The summed E-state index contributed by atoms with van der Waals surface area (Å²) in [6.45, 7) is 2.72. The van der Waals surface area contributed by atoms with Crippen molar-refractivity contribution in [2.24, 2.45) is 17.1 Å². The number of nitrogens with two attached hydrogens (primary N) is 1. The molecule has 1 saturated carbocycles. The van der Waals surface area contributed by atoms with Crippen LogP contribution in [0.1, 0.15) is 44.3 Å². The molecule has 4 nitrogen and oxygen atoms in total. The van der Waals surface area contributed by atoms with Crippen molar-refractivity contribution in [1.82, 2.24) is 0 Å². The fourth-order valence-electron chi connectivity index (χ4n) is 3.63. The van der Waals surface area contributed by atoms with Gasteiger partial charge in [0.2, 0.25) is 0 Å². The number of aliphatic hydroxyl groups is 1. The van der Waals surface area contributed by atoms with Crippen LogP contribution >= 0.6 is 0 Å². The van der Waals surface area contributed by atoms with E-state index in [9.17, 15) is 5.11 Å². The summed E-state index contributed by atoms with van der Waals surface area (Å²) < 4.78 is 10.7. The van der Waals surface area contributed by atoms with Crippen LogP contribution < -0.4 is 15.2 Å². The average Bonchev–Trinajstić information content (AvgIpc) is 2.53. The van der Waals surface area contributed by atoms with Crippen molar-refractivity contribution in [1.29, 1.82) is 0 Å². The maximum absolute atomic E-state index is 11.0. The summed E-state index contributed by atoms with van der Waals surface area (Å²) in [5.74, 6) is 2.00. The number of rotatable bonds is 5. The van der Waals surface area contributed by atoms with E-state index < -0.39 is 6.10 Å². The zero-order chi connectivity index (χ0) is 15.5. The predicted molar refractivity (Wildman–Crippen MR) is 83.6 cm³/mol. The number of methoxy groups -OCH3 is 2. The van der Waals surface area contributed by atoms with Crippen LogP contribution in [0, 0.1) is 11.3 Å². The fraction of sp³-hybridized carbons (Fsp3) is 0.647. The molecule has 3 unspecified atom stereocenters. The largest absolute Gasteiger partial charge is 0.497 e. The van der Waals surface area contributed by atoms with E-state index >= 15 is 0 Å². The summed E-state index contributed by atoms with van der Waals surface area (Å²) in [6, 6.07) is 5.54. The molecule has 1 aliphatic carbocycles. The lowest BCUT2D eigenvalue weighted by molar-refractivity contribution is -0.0144. The smallest absolute Gasteiger partial charge is 0.124 e. The lowest BCUT2D eigenvalue weighted by Crippen LogP contribution is -2.40. The Morgan fingerprint density at radius 2 is 2.14 bits per heavy atom. The Hall–Kier alpha value is -1.26. The van der Waals surface area contributed by atoms with Crippen LogP contribution in [-0.2, 0) is 0 Å². The molecule has 21 heavy (non-hydrogen) atoms. The molecule has 0 aromatic heterocycles. The summed E-state index contributed by atoms with van der Waals surface area (Å²) in [6.07, 6.45) is 3.60. The third-order valence-corrected chi connectivity index (χ3v) is 4.84. The van der Waals surface area contributed by atoms with Crippen molar-refractivity contribution in [2.45, 2.75) is 38.7 Å². The van der Waals surface area contributed by atoms with Crippen LogP contribution in [0.3, 0.4) is 0 Å². The number of ether oxygens (including phenoxy) is 2. The van der Waals surface area contributed by atoms with E-state index in [1.165, 1.54) is 6.42 Å². The van der Waals surface area contributed by atoms with E-state index in [0.717, 1.165) is 30.6 Å². The summed E-state index contributed by atoms with van der Waals surface area (Å²) in [5.41, 5.74) is 6.58. The SMILES string of the molecule is COc1ccc(OC)c(C(O)C2(CN)CCCC(C)C2)c1. The molecule has 0 amide bonds. The molecule has 3 N–H and O–H groups in total. The van der Waals surface area contributed by atoms with Crippen LogP contribution in [0.25, 0.3) is 0 Å². The zero-order valence-electron chi connectivity index (χ0n) is 13.3. The first kappa shape index (κ1) is 16.1. The Morgan fingerprint density at radius 3 is 2.71 bits per heavy atom. The minimum Gasteiger partial charge on any atom is -0.497 e. The Labute approximate surface area is 127 Å². The molecule has 4 heteroatoms. The fourth-order valence-corrected chi connectivity index (χ4v) is 3.63. The Morgan fingerprint density at radius 1 is 1.38 bits per heavy atom. The third kappa shape index (κ3) is 3.16. The number of benzene rings is 1. The molecule has 0 heterocycles. The molecule has 118 valence electrons. The topological polar surface area (TPSA) is 64.7 Å². The van der Waals surface area contributed by atoms with Gasteiger partial charge in [0.1, 0.15) is 11.5 Å². The summed E-state index contributed by atoms with van der Waals surface area (Å²) in [7, 11) is 3.25. The monoisotopic (exact) mass is 293 g/mol. The van der Waals surface area contributed by atoms with Gasteiger partial charge in [-0.2, -0.15) is 0 Å². The highest BCUT2D eigenvalue weighted by Gasteiger charge is 2.41. The molecule has 1 aromatic rings. The van der Waals surface area contributed by atoms with Crippen molar-refractivity contribution >= 4 is 0 Å². The van der Waals surface area contributed by atoms with E-state index in [4.69, 9.17) is 15.2 Å². The summed E-state index contributed by atoms with van der Waals surface area (Å²) in [4.78, 5) is 0. The van der Waals surface area contributed by atoms with Gasteiger partial charge in [0.15, 0.2) is 0 Å². The van der Waals surface area contributed by atoms with E-state index in [0.29, 0.717) is 18.2 Å². The van der Waals surface area contributed by atoms with Gasteiger partial charge >= 0.3 is 0 Å². The Bertz CT molecular complexity index is 477. The summed E-state index contributed by atoms with van der Waals surface area (Å²) >= 11 is 0. The highest BCUT2D eigenvalue weighted by atomic mass is 16.5. The number of hydrogen-bond acceptors (Lipinski definition) is 4. The molecule has 0 saturated heterocycles. The lowest BCUT2D eigenvalue weighted by Gasteiger charge is -2.43. The second-order valence-electron chi connectivity index (χ2n) is 6.28. The molecular formula is C17H27NO3. The molecule has 2 rings (SSSR count). The van der Waals surface area contributed by atoms with Gasteiger partial charge in [-0.15, -0.1) is 0 Å². The molecule has 0 spiro atoms. The second-order valence-corrected chi connectivity index (χ2v) is 6.28. The highest BCUT2D eigenvalue weighted by Crippen LogP contribution is 2.49. The number of aliphatic hydroxyl groups excluding tert-OH is 1. The minimum absolute atomic E-state index is 0.267. The second kappa shape index (κ2) is 6.67. The highest BCUT2D eigenvalue weighted by molar-refractivity contribution is 5.42. The Kier molecular flexibility index (Phi) is 5.12.